The first-order chi connectivity index (χ1) is 18.9. The van der Waals surface area contributed by atoms with Crippen LogP contribution in [0.4, 0.5) is 20.6 Å². The highest BCUT2D eigenvalue weighted by Crippen LogP contribution is 2.42. The molecule has 2 amide bonds. The highest BCUT2D eigenvalue weighted by atomic mass is 32.2. The van der Waals surface area contributed by atoms with Crippen LogP contribution in [-0.4, -0.2) is 30.6 Å². The number of hydrogen-bond acceptors (Lipinski definition) is 7. The number of aromatic hydroxyl groups is 1. The summed E-state index contributed by atoms with van der Waals surface area (Å²) in [6, 6.07) is 14.2. The molecule has 1 aliphatic carbocycles. The molecule has 5 rings (SSSR count). The van der Waals surface area contributed by atoms with Crippen molar-refractivity contribution in [1.82, 2.24) is 0 Å². The number of rotatable bonds is 5. The second kappa shape index (κ2) is 9.80. The van der Waals surface area contributed by atoms with E-state index in [1.54, 1.807) is 6.07 Å². The maximum Gasteiger partial charge on any atom is 0.336 e. The van der Waals surface area contributed by atoms with Crippen LogP contribution in [0, 0.1) is 5.82 Å². The normalized spacial score (nSPS) is 11.4. The van der Waals surface area contributed by atoms with Crippen LogP contribution >= 0.6 is 0 Å². The minimum absolute atomic E-state index is 0.0499. The Morgan fingerprint density at radius 2 is 1.65 bits per heavy atom. The standard InChI is InChI=1S/C27H18FN3O8S/c28-21-12-16(40(29,37)38)4-8-22(21)31-27(36)30-13-1-5-17(20(9-13)26(34)35)25-18-6-2-14(32)10-23(18)39-24-11-15(33)3-7-19(24)25/h1-12,32H,(H,34,35)(H2,29,37,38)(H2,30,31,36). The van der Waals surface area contributed by atoms with Crippen LogP contribution in [0.1, 0.15) is 10.4 Å². The highest BCUT2D eigenvalue weighted by molar-refractivity contribution is 7.89. The summed E-state index contributed by atoms with van der Waals surface area (Å²) < 4.78 is 42.9. The summed E-state index contributed by atoms with van der Waals surface area (Å²) in [5.41, 5.74) is 0.468. The molecule has 0 bridgehead atoms. The topological polar surface area (TPSA) is 189 Å². The quantitative estimate of drug-likeness (QED) is 0.194. The van der Waals surface area contributed by atoms with Crippen LogP contribution in [0.15, 0.2) is 86.9 Å². The third kappa shape index (κ3) is 5.06. The Kier molecular flexibility index (Phi) is 6.45. The van der Waals surface area contributed by atoms with E-state index in [0.29, 0.717) is 22.6 Å². The number of fused-ring (bicyclic) bond motifs is 2. The van der Waals surface area contributed by atoms with Gasteiger partial charge >= 0.3 is 12.0 Å². The molecule has 2 aliphatic rings. The number of phenols is 1. The molecule has 0 saturated heterocycles. The number of carboxylic acids is 1. The lowest BCUT2D eigenvalue weighted by Gasteiger charge is -2.17. The second-order valence-electron chi connectivity index (χ2n) is 8.65. The number of halogens is 1. The summed E-state index contributed by atoms with van der Waals surface area (Å²) in [6.07, 6.45) is 0. The van der Waals surface area contributed by atoms with Crippen molar-refractivity contribution in [1.29, 1.82) is 0 Å². The Morgan fingerprint density at radius 1 is 0.900 bits per heavy atom. The van der Waals surface area contributed by atoms with Crippen molar-refractivity contribution in [2.75, 3.05) is 10.6 Å². The molecule has 0 spiro atoms. The van der Waals surface area contributed by atoms with Gasteiger partial charge in [-0.3, -0.25) is 4.79 Å². The summed E-state index contributed by atoms with van der Waals surface area (Å²) in [5, 5.41) is 30.0. The molecular weight excluding hydrogens is 545 g/mol. The summed E-state index contributed by atoms with van der Waals surface area (Å²) in [4.78, 5) is 36.3. The Hall–Kier alpha value is -5.27. The number of amides is 2. The van der Waals surface area contributed by atoms with E-state index in [1.165, 1.54) is 48.5 Å². The molecule has 13 heteroatoms. The molecule has 0 aromatic heterocycles. The number of primary sulfonamides is 1. The van der Waals surface area contributed by atoms with Gasteiger partial charge < -0.3 is 25.3 Å². The molecule has 1 aliphatic heterocycles. The van der Waals surface area contributed by atoms with E-state index in [-0.39, 0.29) is 45.0 Å². The van der Waals surface area contributed by atoms with Crippen molar-refractivity contribution in [3.63, 3.8) is 0 Å². The smallest absolute Gasteiger partial charge is 0.336 e. The largest absolute Gasteiger partial charge is 0.508 e. The number of phenolic OH excluding ortho intramolecular Hbond substituents is 1. The number of hydrogen-bond donors (Lipinski definition) is 5. The minimum atomic E-state index is -4.15. The van der Waals surface area contributed by atoms with Gasteiger partial charge in [0.1, 0.15) is 22.9 Å². The van der Waals surface area contributed by atoms with E-state index in [4.69, 9.17) is 9.56 Å². The van der Waals surface area contributed by atoms with Gasteiger partial charge in [0, 0.05) is 34.3 Å². The van der Waals surface area contributed by atoms with Crippen molar-refractivity contribution in [2.24, 2.45) is 5.14 Å². The minimum Gasteiger partial charge on any atom is -0.508 e. The average molecular weight is 564 g/mol. The van der Waals surface area contributed by atoms with Gasteiger partial charge in [0.2, 0.25) is 10.0 Å². The zero-order chi connectivity index (χ0) is 28.8. The molecule has 0 fully saturated rings. The van der Waals surface area contributed by atoms with Crippen molar-refractivity contribution in [3.05, 3.63) is 94.4 Å². The number of nitrogens with one attached hydrogen (secondary N) is 2. The molecule has 40 heavy (non-hydrogen) atoms. The number of carbonyl (C=O) groups excluding carboxylic acids is 1. The van der Waals surface area contributed by atoms with Gasteiger partial charge in [-0.2, -0.15) is 0 Å². The van der Waals surface area contributed by atoms with Crippen molar-refractivity contribution >= 4 is 44.4 Å². The van der Waals surface area contributed by atoms with Gasteiger partial charge in [-0.05, 0) is 60.2 Å². The molecule has 0 radical (unpaired) electrons. The third-order valence-electron chi connectivity index (χ3n) is 5.97. The van der Waals surface area contributed by atoms with Crippen LogP contribution in [0.5, 0.6) is 5.75 Å². The number of benzene rings is 4. The van der Waals surface area contributed by atoms with Crippen LogP contribution in [0.3, 0.4) is 0 Å². The SMILES string of the molecule is NS(=O)(=O)c1ccc(NC(=O)Nc2ccc(-c3c4ccc(=O)cc-4oc4cc(O)ccc34)c(C(=O)O)c2)c(F)c1. The Morgan fingerprint density at radius 3 is 2.35 bits per heavy atom. The number of aromatic carboxylic acids is 1. The zero-order valence-electron chi connectivity index (χ0n) is 20.1. The maximum atomic E-state index is 14.3. The average Bonchev–Trinajstić information content (AvgIpc) is 2.87. The molecule has 3 aromatic carbocycles. The lowest BCUT2D eigenvalue weighted by molar-refractivity contribution is 0.0697. The monoisotopic (exact) mass is 563 g/mol. The number of urea groups is 1. The van der Waals surface area contributed by atoms with E-state index < -0.39 is 32.7 Å². The van der Waals surface area contributed by atoms with E-state index >= 15 is 0 Å². The lowest BCUT2D eigenvalue weighted by atomic mass is 9.90. The van der Waals surface area contributed by atoms with Gasteiger partial charge in [0.25, 0.3) is 0 Å². The molecule has 6 N–H and O–H groups in total. The molecule has 0 saturated carbocycles. The highest BCUT2D eigenvalue weighted by Gasteiger charge is 2.23. The molecule has 0 unspecified atom stereocenters. The fourth-order valence-corrected chi connectivity index (χ4v) is 4.75. The van der Waals surface area contributed by atoms with E-state index in [9.17, 15) is 37.4 Å². The Balaban J connectivity index is 1.54. The van der Waals surface area contributed by atoms with Crippen LogP contribution in [0.2, 0.25) is 0 Å². The van der Waals surface area contributed by atoms with Crippen molar-refractivity contribution < 1.29 is 37.0 Å². The number of sulfonamides is 1. The first kappa shape index (κ1) is 26.3. The van der Waals surface area contributed by atoms with E-state index in [0.717, 1.165) is 12.1 Å². The maximum absolute atomic E-state index is 14.3. The van der Waals surface area contributed by atoms with Gasteiger partial charge in [-0.25, -0.2) is 27.5 Å². The predicted molar refractivity (Wildman–Crippen MR) is 144 cm³/mol. The molecular formula is C27H18FN3O8S. The number of carbonyl (C=O) groups is 2. The number of nitrogens with two attached hydrogens (primary N) is 1. The predicted octanol–water partition coefficient (Wildman–Crippen LogP) is 4.40. The van der Waals surface area contributed by atoms with Crippen LogP contribution in [-0.2, 0) is 10.0 Å². The zero-order valence-corrected chi connectivity index (χ0v) is 21.0. The molecule has 0 atom stereocenters. The third-order valence-corrected chi connectivity index (χ3v) is 6.88. The molecule has 202 valence electrons. The molecule has 11 nitrogen and oxygen atoms in total. The first-order valence-corrected chi connectivity index (χ1v) is 12.9. The van der Waals surface area contributed by atoms with Crippen molar-refractivity contribution in [3.8, 4) is 28.2 Å². The Labute approximate surface area is 224 Å². The van der Waals surface area contributed by atoms with E-state index in [1.807, 2.05) is 0 Å². The van der Waals surface area contributed by atoms with Gasteiger partial charge in [0.15, 0.2) is 5.43 Å². The lowest BCUT2D eigenvalue weighted by Crippen LogP contribution is -2.21. The first-order valence-electron chi connectivity index (χ1n) is 11.4. The van der Waals surface area contributed by atoms with Crippen molar-refractivity contribution in [2.45, 2.75) is 4.90 Å². The fraction of sp³-hybridized carbons (Fsp3) is 0. The molecule has 1 heterocycles. The second-order valence-corrected chi connectivity index (χ2v) is 10.2. The van der Waals surface area contributed by atoms with Crippen LogP contribution < -0.4 is 21.2 Å². The summed E-state index contributed by atoms with van der Waals surface area (Å²) >= 11 is 0. The number of anilines is 2. The van der Waals surface area contributed by atoms with Gasteiger partial charge in [-0.1, -0.05) is 6.07 Å². The van der Waals surface area contributed by atoms with Gasteiger partial charge in [-0.15, -0.1) is 0 Å². The Bertz CT molecular complexity index is 1990. The molecule has 3 aromatic rings. The van der Waals surface area contributed by atoms with Gasteiger partial charge in [0.05, 0.1) is 16.1 Å². The van der Waals surface area contributed by atoms with E-state index in [2.05, 4.69) is 10.6 Å². The fourth-order valence-electron chi connectivity index (χ4n) is 4.23. The number of carboxylic acid groups (broad SMARTS) is 1. The summed E-state index contributed by atoms with van der Waals surface area (Å²) in [5.74, 6) is -2.30. The van der Waals surface area contributed by atoms with Crippen LogP contribution in [0.25, 0.3) is 33.4 Å². The summed E-state index contributed by atoms with van der Waals surface area (Å²) in [6.45, 7) is 0. The summed E-state index contributed by atoms with van der Waals surface area (Å²) in [7, 11) is -4.15.